The molecular weight excluding hydrogens is 272 g/mol. The van der Waals surface area contributed by atoms with Crippen LogP contribution in [-0.4, -0.2) is 62.7 Å². The second-order valence-electron chi connectivity index (χ2n) is 4.90. The van der Waals surface area contributed by atoms with Gasteiger partial charge < -0.3 is 14.2 Å². The number of carbonyl (C=O) groups excluding carboxylic acids is 1. The molecule has 0 fully saturated rings. The van der Waals surface area contributed by atoms with Gasteiger partial charge in [0.05, 0.1) is 13.2 Å². The van der Waals surface area contributed by atoms with E-state index in [1.165, 1.54) is 0 Å². The predicted molar refractivity (Wildman–Crippen MR) is 76.7 cm³/mol. The molecule has 0 atom stereocenters. The number of likely N-dealkylation sites (N-methyl/N-ethyl adjacent to an activating group) is 1. The molecule has 0 aliphatic rings. The first-order valence-corrected chi connectivity index (χ1v) is 6.77. The molecule has 0 saturated carbocycles. The van der Waals surface area contributed by atoms with Crippen LogP contribution in [0.5, 0.6) is 0 Å². The summed E-state index contributed by atoms with van der Waals surface area (Å²) in [5.74, 6) is 0.161. The Morgan fingerprint density at radius 2 is 2.19 bits per heavy atom. The number of hydrogen-bond acceptors (Lipinski definition) is 6. The van der Waals surface area contributed by atoms with Crippen molar-refractivity contribution in [1.29, 1.82) is 0 Å². The second kappa shape index (κ2) is 6.49. The monoisotopic (exact) mass is 292 g/mol. The summed E-state index contributed by atoms with van der Waals surface area (Å²) in [4.78, 5) is 18.4. The van der Waals surface area contributed by atoms with Crippen LogP contribution < -0.4 is 0 Å². The van der Waals surface area contributed by atoms with Gasteiger partial charge in [0.15, 0.2) is 5.82 Å². The number of imidazole rings is 1. The molecule has 2 rings (SSSR count). The van der Waals surface area contributed by atoms with E-state index in [1.54, 1.807) is 17.8 Å². The molecule has 8 nitrogen and oxygen atoms in total. The van der Waals surface area contributed by atoms with Crippen molar-refractivity contribution in [3.05, 3.63) is 18.1 Å². The van der Waals surface area contributed by atoms with E-state index in [-0.39, 0.29) is 5.69 Å². The van der Waals surface area contributed by atoms with E-state index in [2.05, 4.69) is 15.3 Å². The van der Waals surface area contributed by atoms with Gasteiger partial charge in [0.2, 0.25) is 5.69 Å². The second-order valence-corrected chi connectivity index (χ2v) is 4.90. The molecule has 0 amide bonds. The maximum Gasteiger partial charge on any atom is 0.361 e. The highest BCUT2D eigenvalue weighted by molar-refractivity contribution is 5.93. The summed E-state index contributed by atoms with van der Waals surface area (Å²) >= 11 is 0. The fraction of sp³-hybridized carbons (Fsp3) is 0.538. The van der Waals surface area contributed by atoms with Gasteiger partial charge in [0.25, 0.3) is 0 Å². The van der Waals surface area contributed by atoms with Crippen LogP contribution in [0.1, 0.15) is 17.4 Å². The largest absolute Gasteiger partial charge is 0.461 e. The molecule has 0 aliphatic heterocycles. The van der Waals surface area contributed by atoms with Gasteiger partial charge in [-0.05, 0) is 21.0 Å². The third-order valence-corrected chi connectivity index (χ3v) is 3.00. The third kappa shape index (κ3) is 3.27. The molecule has 114 valence electrons. The topological polar surface area (TPSA) is 78.1 Å². The van der Waals surface area contributed by atoms with Crippen molar-refractivity contribution >= 4 is 5.97 Å². The number of hydrogen-bond donors (Lipinski definition) is 0. The number of ether oxygens (including phenoxy) is 1. The van der Waals surface area contributed by atoms with E-state index >= 15 is 0 Å². The van der Waals surface area contributed by atoms with Gasteiger partial charge in [0, 0.05) is 26.0 Å². The number of rotatable bonds is 6. The van der Waals surface area contributed by atoms with Crippen molar-refractivity contribution in [3.8, 4) is 11.5 Å². The maximum absolute atomic E-state index is 12.0. The molecule has 2 aromatic heterocycles. The Labute approximate surface area is 123 Å². The first-order valence-electron chi connectivity index (χ1n) is 6.77. The normalized spacial score (nSPS) is 11.1. The minimum atomic E-state index is -0.480. The van der Waals surface area contributed by atoms with E-state index in [0.29, 0.717) is 24.7 Å². The lowest BCUT2D eigenvalue weighted by molar-refractivity contribution is 0.0520. The molecule has 0 aliphatic carbocycles. The van der Waals surface area contributed by atoms with Crippen molar-refractivity contribution in [3.63, 3.8) is 0 Å². The van der Waals surface area contributed by atoms with Crippen molar-refractivity contribution in [2.24, 2.45) is 7.05 Å². The highest BCUT2D eigenvalue weighted by Gasteiger charge is 2.24. The lowest BCUT2D eigenvalue weighted by Crippen LogP contribution is -2.20. The van der Waals surface area contributed by atoms with Crippen molar-refractivity contribution in [1.82, 2.24) is 29.4 Å². The molecule has 0 unspecified atom stereocenters. The van der Waals surface area contributed by atoms with Crippen LogP contribution in [-0.2, 0) is 18.3 Å². The highest BCUT2D eigenvalue weighted by Crippen LogP contribution is 2.20. The minimum Gasteiger partial charge on any atom is -0.461 e. The van der Waals surface area contributed by atoms with Crippen molar-refractivity contribution in [2.75, 3.05) is 27.2 Å². The summed E-state index contributed by atoms with van der Waals surface area (Å²) < 4.78 is 8.56. The summed E-state index contributed by atoms with van der Waals surface area (Å²) in [6, 6.07) is 0. The molecule has 8 heteroatoms. The number of aryl methyl sites for hydroxylation is 1. The first kappa shape index (κ1) is 15.2. The van der Waals surface area contributed by atoms with Crippen LogP contribution >= 0.6 is 0 Å². The Morgan fingerprint density at radius 3 is 2.76 bits per heavy atom. The van der Waals surface area contributed by atoms with Gasteiger partial charge in [-0.15, -0.1) is 5.10 Å². The zero-order valence-corrected chi connectivity index (χ0v) is 12.8. The Bertz CT molecular complexity index is 616. The maximum atomic E-state index is 12.0. The smallest absolute Gasteiger partial charge is 0.361 e. The lowest BCUT2D eigenvalue weighted by atomic mass is 10.3. The lowest BCUT2D eigenvalue weighted by Gasteiger charge is -2.11. The highest BCUT2D eigenvalue weighted by atomic mass is 16.5. The summed E-state index contributed by atoms with van der Waals surface area (Å²) in [7, 11) is 5.81. The van der Waals surface area contributed by atoms with Gasteiger partial charge in [-0.1, -0.05) is 5.21 Å². The summed E-state index contributed by atoms with van der Waals surface area (Å²) in [6.07, 6.45) is 3.49. The number of esters is 1. The van der Waals surface area contributed by atoms with Gasteiger partial charge in [-0.3, -0.25) is 0 Å². The molecule has 2 heterocycles. The average Bonchev–Trinajstić information content (AvgIpc) is 3.02. The summed E-state index contributed by atoms with van der Waals surface area (Å²) in [5.41, 5.74) is 0.785. The van der Waals surface area contributed by atoms with Crippen LogP contribution in [0.3, 0.4) is 0 Å². The fourth-order valence-corrected chi connectivity index (χ4v) is 1.92. The van der Waals surface area contributed by atoms with Crippen molar-refractivity contribution < 1.29 is 9.53 Å². The zero-order valence-electron chi connectivity index (χ0n) is 12.8. The van der Waals surface area contributed by atoms with E-state index in [9.17, 15) is 4.79 Å². The van der Waals surface area contributed by atoms with Crippen LogP contribution in [0.2, 0.25) is 0 Å². The molecule has 0 aromatic carbocycles. The fourth-order valence-electron chi connectivity index (χ4n) is 1.92. The first-order chi connectivity index (χ1) is 10.0. The van der Waals surface area contributed by atoms with E-state index in [1.807, 2.05) is 36.8 Å². The van der Waals surface area contributed by atoms with E-state index in [4.69, 9.17) is 4.74 Å². The standard InChI is InChI=1S/C13H20N6O2/c1-5-21-13(20)10-11(12-14-6-7-18(12)4)19(16-15-10)9-8-17(2)3/h6-7H,5,8-9H2,1-4H3. The van der Waals surface area contributed by atoms with E-state index in [0.717, 1.165) is 6.54 Å². The average molecular weight is 292 g/mol. The van der Waals surface area contributed by atoms with Gasteiger partial charge >= 0.3 is 5.97 Å². The number of aromatic nitrogens is 5. The van der Waals surface area contributed by atoms with Crippen LogP contribution in [0, 0.1) is 0 Å². The molecule has 21 heavy (non-hydrogen) atoms. The third-order valence-electron chi connectivity index (χ3n) is 3.00. The molecule has 0 N–H and O–H groups in total. The van der Waals surface area contributed by atoms with Crippen LogP contribution in [0.15, 0.2) is 12.4 Å². The van der Waals surface area contributed by atoms with E-state index < -0.39 is 5.97 Å². The number of nitrogens with zero attached hydrogens (tertiary/aromatic N) is 6. The van der Waals surface area contributed by atoms with Crippen LogP contribution in [0.4, 0.5) is 0 Å². The molecule has 0 bridgehead atoms. The van der Waals surface area contributed by atoms with Crippen LogP contribution in [0.25, 0.3) is 11.5 Å². The molecular formula is C13H20N6O2. The Kier molecular flexibility index (Phi) is 4.69. The summed E-state index contributed by atoms with van der Waals surface area (Å²) in [5, 5.41) is 8.05. The number of carbonyl (C=O) groups is 1. The van der Waals surface area contributed by atoms with Crippen molar-refractivity contribution in [2.45, 2.75) is 13.5 Å². The quantitative estimate of drug-likeness (QED) is 0.718. The Balaban J connectivity index is 2.43. The Morgan fingerprint density at radius 1 is 1.43 bits per heavy atom. The zero-order chi connectivity index (χ0) is 15.4. The molecule has 2 aromatic rings. The molecule has 0 radical (unpaired) electrons. The predicted octanol–water partition coefficient (Wildman–Crippen LogP) is 0.417. The summed E-state index contributed by atoms with van der Waals surface area (Å²) in [6.45, 7) is 3.45. The SMILES string of the molecule is CCOC(=O)c1nnn(CCN(C)C)c1-c1nccn1C. The van der Waals surface area contributed by atoms with Gasteiger partial charge in [0.1, 0.15) is 5.69 Å². The molecule has 0 spiro atoms. The Hall–Kier alpha value is -2.22. The molecule has 0 saturated heterocycles. The van der Waals surface area contributed by atoms with Gasteiger partial charge in [-0.25, -0.2) is 14.5 Å². The van der Waals surface area contributed by atoms with Gasteiger partial charge in [-0.2, -0.15) is 0 Å². The minimum absolute atomic E-state index is 0.199.